The Balaban J connectivity index is 1.32. The van der Waals surface area contributed by atoms with E-state index in [9.17, 15) is 13.2 Å². The fourth-order valence-electron chi connectivity index (χ4n) is 3.41. The lowest BCUT2D eigenvalue weighted by Crippen LogP contribution is -2.50. The highest BCUT2D eigenvalue weighted by Gasteiger charge is 2.31. The van der Waals surface area contributed by atoms with Crippen LogP contribution in [0.1, 0.15) is 12.0 Å². The fourth-order valence-corrected chi connectivity index (χ4v) is 5.98. The van der Waals surface area contributed by atoms with Crippen molar-refractivity contribution < 1.29 is 13.2 Å². The first kappa shape index (κ1) is 19.3. The van der Waals surface area contributed by atoms with Crippen molar-refractivity contribution in [1.82, 2.24) is 14.2 Å². The van der Waals surface area contributed by atoms with Gasteiger partial charge in [0.1, 0.15) is 4.21 Å². The first-order valence-electron chi connectivity index (χ1n) is 9.23. The first-order chi connectivity index (χ1) is 13.5. The van der Waals surface area contributed by atoms with E-state index < -0.39 is 10.0 Å². The molecule has 148 valence electrons. The third-order valence-corrected chi connectivity index (χ3v) is 8.25. The zero-order valence-corrected chi connectivity index (χ0v) is 17.0. The van der Waals surface area contributed by atoms with E-state index in [1.807, 2.05) is 35.2 Å². The van der Waals surface area contributed by atoms with Crippen LogP contribution < -0.4 is 0 Å². The maximum atomic E-state index is 12.6. The summed E-state index contributed by atoms with van der Waals surface area (Å²) in [5.74, 6) is -0.0412. The second kappa shape index (κ2) is 8.12. The number of hydrogen-bond donors (Lipinski definition) is 0. The molecule has 2 aliphatic heterocycles. The minimum Gasteiger partial charge on any atom is -0.292 e. The zero-order valence-electron chi connectivity index (χ0n) is 15.4. The highest BCUT2D eigenvalue weighted by molar-refractivity contribution is 7.91. The second-order valence-electron chi connectivity index (χ2n) is 6.79. The summed E-state index contributed by atoms with van der Waals surface area (Å²) in [6.07, 6.45) is 0.753. The van der Waals surface area contributed by atoms with Gasteiger partial charge in [0, 0.05) is 32.6 Å². The Morgan fingerprint density at radius 3 is 2.43 bits per heavy atom. The van der Waals surface area contributed by atoms with Gasteiger partial charge in [-0.05, 0) is 17.0 Å². The molecule has 0 bridgehead atoms. The van der Waals surface area contributed by atoms with Gasteiger partial charge in [0.15, 0.2) is 0 Å². The summed E-state index contributed by atoms with van der Waals surface area (Å²) in [5.41, 5.74) is 1.98. The van der Waals surface area contributed by atoms with Gasteiger partial charge in [-0.3, -0.25) is 9.69 Å². The van der Waals surface area contributed by atoms with Crippen molar-refractivity contribution in [1.29, 1.82) is 0 Å². The molecule has 28 heavy (non-hydrogen) atoms. The quantitative estimate of drug-likeness (QED) is 0.741. The molecule has 0 unspecified atom stereocenters. The molecule has 1 aromatic heterocycles. The largest absolute Gasteiger partial charge is 0.292 e. The Kier molecular flexibility index (Phi) is 5.58. The lowest BCUT2D eigenvalue weighted by Gasteiger charge is -2.33. The molecule has 0 radical (unpaired) electrons. The molecule has 2 aliphatic rings. The van der Waals surface area contributed by atoms with Crippen LogP contribution in [0, 0.1) is 0 Å². The van der Waals surface area contributed by atoms with Crippen LogP contribution in [-0.2, 0) is 14.8 Å². The monoisotopic (exact) mass is 418 g/mol. The molecule has 0 spiro atoms. The Bertz CT molecular complexity index is 950. The molecule has 0 aliphatic carbocycles. The van der Waals surface area contributed by atoms with Gasteiger partial charge in [0.05, 0.1) is 18.8 Å². The van der Waals surface area contributed by atoms with Crippen molar-refractivity contribution in [3.8, 4) is 0 Å². The van der Waals surface area contributed by atoms with E-state index >= 15 is 0 Å². The maximum Gasteiger partial charge on any atom is 0.256 e. The number of thiophene rings is 1. The van der Waals surface area contributed by atoms with Gasteiger partial charge in [-0.25, -0.2) is 13.4 Å². The number of hydrazone groups is 1. The standard InChI is InChI=1S/C19H22N4O3S2/c24-18(23-9-8-17(20-23)16-5-2-1-3-6-16)15-21-10-12-22(13-11-21)28(25,26)19-7-4-14-27-19/h1-7,14H,8-13,15H2. The van der Waals surface area contributed by atoms with Crippen molar-refractivity contribution in [2.45, 2.75) is 10.6 Å². The number of sulfonamides is 1. The number of nitrogens with zero attached hydrogens (tertiary/aromatic N) is 4. The van der Waals surface area contributed by atoms with Crippen LogP contribution in [0.5, 0.6) is 0 Å². The van der Waals surface area contributed by atoms with E-state index in [2.05, 4.69) is 5.10 Å². The predicted molar refractivity (Wildman–Crippen MR) is 109 cm³/mol. The lowest BCUT2D eigenvalue weighted by atomic mass is 10.1. The SMILES string of the molecule is O=C(CN1CCN(S(=O)(=O)c2cccs2)CC1)N1CCC(c2ccccc2)=N1. The normalized spacial score (nSPS) is 19.0. The summed E-state index contributed by atoms with van der Waals surface area (Å²) in [4.78, 5) is 14.6. The van der Waals surface area contributed by atoms with Crippen LogP contribution >= 0.6 is 11.3 Å². The molecular formula is C19H22N4O3S2. The highest BCUT2D eigenvalue weighted by atomic mass is 32.2. The Labute approximate surface area is 168 Å². The van der Waals surface area contributed by atoms with E-state index in [4.69, 9.17) is 0 Å². The van der Waals surface area contributed by atoms with Crippen molar-refractivity contribution in [2.24, 2.45) is 5.10 Å². The smallest absolute Gasteiger partial charge is 0.256 e. The van der Waals surface area contributed by atoms with Crippen molar-refractivity contribution >= 4 is 33.0 Å². The zero-order chi connectivity index (χ0) is 19.6. The van der Waals surface area contributed by atoms with Gasteiger partial charge in [0.25, 0.3) is 15.9 Å². The van der Waals surface area contributed by atoms with Crippen LogP contribution in [0.3, 0.4) is 0 Å². The molecule has 1 amide bonds. The van der Waals surface area contributed by atoms with E-state index in [0.29, 0.717) is 36.9 Å². The topological polar surface area (TPSA) is 73.3 Å². The van der Waals surface area contributed by atoms with Gasteiger partial charge >= 0.3 is 0 Å². The Morgan fingerprint density at radius 2 is 1.75 bits per heavy atom. The average molecular weight is 419 g/mol. The summed E-state index contributed by atoms with van der Waals surface area (Å²) in [5, 5.41) is 7.79. The fraction of sp³-hybridized carbons (Fsp3) is 0.368. The third-order valence-electron chi connectivity index (χ3n) is 4.98. The predicted octanol–water partition coefficient (Wildman–Crippen LogP) is 1.69. The number of carbonyl (C=O) groups excluding carboxylic acids is 1. The summed E-state index contributed by atoms with van der Waals surface area (Å²) in [7, 11) is -3.42. The van der Waals surface area contributed by atoms with Gasteiger partial charge in [-0.2, -0.15) is 9.41 Å². The molecule has 3 heterocycles. The second-order valence-corrected chi connectivity index (χ2v) is 9.90. The molecule has 1 fully saturated rings. The Morgan fingerprint density at radius 1 is 1.00 bits per heavy atom. The van der Waals surface area contributed by atoms with Gasteiger partial charge in [-0.1, -0.05) is 36.4 Å². The number of hydrogen-bond acceptors (Lipinski definition) is 6. The third kappa shape index (κ3) is 4.02. The van der Waals surface area contributed by atoms with Crippen molar-refractivity contribution in [3.05, 3.63) is 53.4 Å². The lowest BCUT2D eigenvalue weighted by molar-refractivity contribution is -0.132. The van der Waals surface area contributed by atoms with Crippen LogP contribution in [0.15, 0.2) is 57.2 Å². The number of amides is 1. The van der Waals surface area contributed by atoms with Crippen LogP contribution in [0.25, 0.3) is 0 Å². The number of carbonyl (C=O) groups is 1. The van der Waals surface area contributed by atoms with Crippen LogP contribution in [-0.4, -0.2) is 73.5 Å². The number of piperazine rings is 1. The van der Waals surface area contributed by atoms with E-state index in [1.165, 1.54) is 20.7 Å². The number of rotatable bonds is 5. The number of benzene rings is 1. The summed E-state index contributed by atoms with van der Waals surface area (Å²) < 4.78 is 27.0. The minimum atomic E-state index is -3.42. The maximum absolute atomic E-state index is 12.6. The summed E-state index contributed by atoms with van der Waals surface area (Å²) in [6, 6.07) is 13.3. The van der Waals surface area contributed by atoms with Crippen LogP contribution in [0.2, 0.25) is 0 Å². The van der Waals surface area contributed by atoms with E-state index in [-0.39, 0.29) is 12.5 Å². The van der Waals surface area contributed by atoms with Gasteiger partial charge < -0.3 is 0 Å². The molecule has 2 aromatic rings. The first-order valence-corrected chi connectivity index (χ1v) is 11.6. The van der Waals surface area contributed by atoms with Crippen molar-refractivity contribution in [2.75, 3.05) is 39.3 Å². The van der Waals surface area contributed by atoms with E-state index in [0.717, 1.165) is 17.7 Å². The van der Waals surface area contributed by atoms with Gasteiger partial charge in [-0.15, -0.1) is 11.3 Å². The minimum absolute atomic E-state index is 0.0412. The molecule has 0 saturated carbocycles. The molecule has 4 rings (SSSR count). The molecule has 7 nitrogen and oxygen atoms in total. The average Bonchev–Trinajstić information content (AvgIpc) is 3.42. The molecule has 1 aromatic carbocycles. The van der Waals surface area contributed by atoms with E-state index in [1.54, 1.807) is 17.5 Å². The molecular weight excluding hydrogens is 396 g/mol. The molecule has 0 N–H and O–H groups in total. The highest BCUT2D eigenvalue weighted by Crippen LogP contribution is 2.22. The van der Waals surface area contributed by atoms with Gasteiger partial charge in [0.2, 0.25) is 0 Å². The molecule has 0 atom stereocenters. The summed E-state index contributed by atoms with van der Waals surface area (Å²) >= 11 is 1.23. The Hall–Kier alpha value is -2.07. The molecule has 9 heteroatoms. The summed E-state index contributed by atoms with van der Waals surface area (Å²) in [6.45, 7) is 2.73. The van der Waals surface area contributed by atoms with Crippen molar-refractivity contribution in [3.63, 3.8) is 0 Å². The molecule has 1 saturated heterocycles. The van der Waals surface area contributed by atoms with Crippen LogP contribution in [0.4, 0.5) is 0 Å².